The molecule has 0 bridgehead atoms. The third kappa shape index (κ3) is 10.1. The number of hydrogen-bond acceptors (Lipinski definition) is 6. The summed E-state index contributed by atoms with van der Waals surface area (Å²) in [6.45, 7) is 3.93. The summed E-state index contributed by atoms with van der Waals surface area (Å²) in [5.41, 5.74) is 4.95. The third-order valence-corrected chi connectivity index (χ3v) is 5.04. The maximum Gasteiger partial charge on any atom is 0.326 e. The van der Waals surface area contributed by atoms with Crippen LogP contribution in [0.15, 0.2) is 12.2 Å². The van der Waals surface area contributed by atoms with E-state index >= 15 is 0 Å². The van der Waals surface area contributed by atoms with Gasteiger partial charge in [-0.2, -0.15) is 0 Å². The standard InChI is InChI=1S/C21H33N5O7/c1-13(2)18(19(30)24-14(20(31)32)7-6-11-23-21(22)33)25-15(27)8-4-3-5-12-26-16(28)9-10-17(26)29/h9-10,13-14,18H,3-8,11-12H2,1-2H3,(H,24,30)(H,25,27)(H,31,32)(H3,22,23,33)/t14-,18?/m0/s1. The molecular weight excluding hydrogens is 434 g/mol. The van der Waals surface area contributed by atoms with Crippen LogP contribution >= 0.6 is 0 Å². The minimum absolute atomic E-state index is 0.0810. The SMILES string of the molecule is CC(C)C(NC(=O)CCCCCN1C(=O)C=CC1=O)C(=O)N[C@@H](CCCNC(N)=O)C(=O)O. The molecule has 12 heteroatoms. The second-order valence-electron chi connectivity index (χ2n) is 8.09. The van der Waals surface area contributed by atoms with Crippen LogP contribution in [0, 0.1) is 5.92 Å². The molecule has 2 atom stereocenters. The van der Waals surface area contributed by atoms with Gasteiger partial charge in [0.05, 0.1) is 0 Å². The fraction of sp³-hybridized carbons (Fsp3) is 0.619. The molecule has 1 heterocycles. The number of rotatable bonds is 15. The summed E-state index contributed by atoms with van der Waals surface area (Å²) in [4.78, 5) is 71.1. The maximum absolute atomic E-state index is 12.6. The number of aliphatic carboxylic acids is 1. The lowest BCUT2D eigenvalue weighted by molar-refractivity contribution is -0.142. The van der Waals surface area contributed by atoms with E-state index in [1.807, 2.05) is 0 Å². The molecule has 6 N–H and O–H groups in total. The number of nitrogens with one attached hydrogen (secondary N) is 3. The molecule has 0 fully saturated rings. The van der Waals surface area contributed by atoms with E-state index in [9.17, 15) is 33.9 Å². The Hall–Kier alpha value is -3.44. The number of carboxylic acids is 1. The Bertz CT molecular complexity index is 763. The number of nitrogens with two attached hydrogens (primary N) is 1. The van der Waals surface area contributed by atoms with Crippen molar-refractivity contribution >= 4 is 35.6 Å². The lowest BCUT2D eigenvalue weighted by Crippen LogP contribution is -2.53. The Morgan fingerprint density at radius 1 is 1.00 bits per heavy atom. The first-order valence-electron chi connectivity index (χ1n) is 10.9. The number of amides is 6. The van der Waals surface area contributed by atoms with Gasteiger partial charge in [-0.3, -0.25) is 24.1 Å². The second-order valence-corrected chi connectivity index (χ2v) is 8.09. The van der Waals surface area contributed by atoms with Crippen LogP contribution in [0.2, 0.25) is 0 Å². The van der Waals surface area contributed by atoms with E-state index in [4.69, 9.17) is 5.73 Å². The quantitative estimate of drug-likeness (QED) is 0.160. The van der Waals surface area contributed by atoms with Gasteiger partial charge in [-0.05, 0) is 31.6 Å². The molecule has 0 aliphatic carbocycles. The lowest BCUT2D eigenvalue weighted by atomic mass is 10.0. The zero-order valence-electron chi connectivity index (χ0n) is 19.0. The van der Waals surface area contributed by atoms with Crippen LogP contribution in [0.3, 0.4) is 0 Å². The zero-order valence-corrected chi connectivity index (χ0v) is 19.0. The molecule has 0 spiro atoms. The number of hydrogen-bond donors (Lipinski definition) is 5. The molecule has 0 aromatic rings. The average molecular weight is 468 g/mol. The summed E-state index contributed by atoms with van der Waals surface area (Å²) in [6.07, 6.45) is 4.65. The normalized spacial score (nSPS) is 14.8. The monoisotopic (exact) mass is 467 g/mol. The molecule has 0 aromatic carbocycles. The molecule has 6 amide bonds. The summed E-state index contributed by atoms with van der Waals surface area (Å²) >= 11 is 0. The molecular formula is C21H33N5O7. The summed E-state index contributed by atoms with van der Waals surface area (Å²) in [6, 6.07) is -2.80. The molecule has 184 valence electrons. The number of urea groups is 1. The van der Waals surface area contributed by atoms with Crippen molar-refractivity contribution in [3.8, 4) is 0 Å². The van der Waals surface area contributed by atoms with Crippen LogP contribution in [-0.4, -0.2) is 70.8 Å². The van der Waals surface area contributed by atoms with Crippen molar-refractivity contribution in [1.82, 2.24) is 20.9 Å². The van der Waals surface area contributed by atoms with Gasteiger partial charge in [0.15, 0.2) is 0 Å². The molecule has 0 saturated carbocycles. The van der Waals surface area contributed by atoms with Gasteiger partial charge in [0, 0.05) is 31.7 Å². The van der Waals surface area contributed by atoms with Gasteiger partial charge in [0.25, 0.3) is 11.8 Å². The minimum Gasteiger partial charge on any atom is -0.480 e. The van der Waals surface area contributed by atoms with E-state index in [-0.39, 0.29) is 49.6 Å². The first-order valence-corrected chi connectivity index (χ1v) is 10.9. The molecule has 1 unspecified atom stereocenters. The largest absolute Gasteiger partial charge is 0.480 e. The Balaban J connectivity index is 2.43. The van der Waals surface area contributed by atoms with Gasteiger partial charge < -0.3 is 26.8 Å². The van der Waals surface area contributed by atoms with Crippen molar-refractivity contribution in [1.29, 1.82) is 0 Å². The van der Waals surface area contributed by atoms with E-state index in [2.05, 4.69) is 16.0 Å². The van der Waals surface area contributed by atoms with Crippen molar-refractivity contribution in [2.24, 2.45) is 11.7 Å². The van der Waals surface area contributed by atoms with E-state index in [1.165, 1.54) is 12.2 Å². The van der Waals surface area contributed by atoms with Crippen LogP contribution < -0.4 is 21.7 Å². The van der Waals surface area contributed by atoms with Gasteiger partial charge in [0.1, 0.15) is 12.1 Å². The Morgan fingerprint density at radius 3 is 2.18 bits per heavy atom. The summed E-state index contributed by atoms with van der Waals surface area (Å²) < 4.78 is 0. The van der Waals surface area contributed by atoms with E-state index in [0.29, 0.717) is 25.7 Å². The third-order valence-electron chi connectivity index (χ3n) is 5.04. The number of nitrogens with zero attached hydrogens (tertiary/aromatic N) is 1. The Morgan fingerprint density at radius 2 is 1.64 bits per heavy atom. The van der Waals surface area contributed by atoms with Crippen molar-refractivity contribution in [3.05, 3.63) is 12.2 Å². The number of primary amides is 1. The molecule has 1 aliphatic rings. The Kier molecular flexibility index (Phi) is 11.6. The first kappa shape index (κ1) is 27.6. The number of carbonyl (C=O) groups is 6. The van der Waals surface area contributed by atoms with E-state index in [0.717, 1.165) is 4.90 Å². The summed E-state index contributed by atoms with van der Waals surface area (Å²) in [5.74, 6) is -3.13. The van der Waals surface area contributed by atoms with Gasteiger partial charge in [0.2, 0.25) is 11.8 Å². The predicted molar refractivity (Wildman–Crippen MR) is 117 cm³/mol. The fourth-order valence-corrected chi connectivity index (χ4v) is 3.20. The number of unbranched alkanes of at least 4 members (excludes halogenated alkanes) is 2. The maximum atomic E-state index is 12.6. The number of carboxylic acid groups (broad SMARTS) is 1. The smallest absolute Gasteiger partial charge is 0.326 e. The Labute approximate surface area is 192 Å². The van der Waals surface area contributed by atoms with E-state index in [1.54, 1.807) is 13.8 Å². The molecule has 12 nitrogen and oxygen atoms in total. The first-order chi connectivity index (χ1) is 15.5. The lowest BCUT2D eigenvalue weighted by Gasteiger charge is -2.24. The van der Waals surface area contributed by atoms with Gasteiger partial charge in [-0.1, -0.05) is 20.3 Å². The average Bonchev–Trinajstić information content (AvgIpc) is 3.05. The van der Waals surface area contributed by atoms with Crippen LogP contribution in [0.4, 0.5) is 4.79 Å². The van der Waals surface area contributed by atoms with Crippen LogP contribution in [0.5, 0.6) is 0 Å². The highest BCUT2D eigenvalue weighted by Crippen LogP contribution is 2.09. The van der Waals surface area contributed by atoms with Gasteiger partial charge >= 0.3 is 12.0 Å². The number of carbonyl (C=O) groups excluding carboxylic acids is 5. The molecule has 0 radical (unpaired) electrons. The molecule has 0 saturated heterocycles. The molecule has 0 aromatic heterocycles. The van der Waals surface area contributed by atoms with Crippen molar-refractivity contribution in [3.63, 3.8) is 0 Å². The molecule has 1 aliphatic heterocycles. The van der Waals surface area contributed by atoms with Crippen molar-refractivity contribution in [2.45, 2.75) is 64.5 Å². The highest BCUT2D eigenvalue weighted by atomic mass is 16.4. The van der Waals surface area contributed by atoms with E-state index < -0.39 is 30.0 Å². The van der Waals surface area contributed by atoms with Crippen LogP contribution in [-0.2, 0) is 24.0 Å². The summed E-state index contributed by atoms with van der Waals surface area (Å²) in [5, 5.41) is 16.8. The minimum atomic E-state index is -1.22. The second kappa shape index (κ2) is 13.9. The van der Waals surface area contributed by atoms with Gasteiger partial charge in [-0.15, -0.1) is 0 Å². The summed E-state index contributed by atoms with van der Waals surface area (Å²) in [7, 11) is 0. The van der Waals surface area contributed by atoms with Crippen LogP contribution in [0.1, 0.15) is 52.4 Å². The topological polar surface area (TPSA) is 188 Å². The predicted octanol–water partition coefficient (Wildman–Crippen LogP) is -0.369. The van der Waals surface area contributed by atoms with Crippen molar-refractivity contribution < 1.29 is 33.9 Å². The molecule has 33 heavy (non-hydrogen) atoms. The molecule has 1 rings (SSSR count). The highest BCUT2D eigenvalue weighted by Gasteiger charge is 2.28. The number of imide groups is 1. The van der Waals surface area contributed by atoms with Crippen molar-refractivity contribution in [2.75, 3.05) is 13.1 Å². The zero-order chi connectivity index (χ0) is 25.0. The fourth-order valence-electron chi connectivity index (χ4n) is 3.20. The van der Waals surface area contributed by atoms with Crippen LogP contribution in [0.25, 0.3) is 0 Å². The highest BCUT2D eigenvalue weighted by molar-refractivity contribution is 6.12. The van der Waals surface area contributed by atoms with Gasteiger partial charge in [-0.25, -0.2) is 9.59 Å².